The van der Waals surface area contributed by atoms with Gasteiger partial charge in [-0.15, -0.1) is 11.3 Å². The number of halogens is 2. The summed E-state index contributed by atoms with van der Waals surface area (Å²) in [6.45, 7) is 5.24. The Morgan fingerprint density at radius 3 is 2.82 bits per heavy atom. The summed E-state index contributed by atoms with van der Waals surface area (Å²) in [4.78, 5) is 31.3. The molecule has 0 saturated carbocycles. The number of anilines is 2. The van der Waals surface area contributed by atoms with E-state index in [0.717, 1.165) is 12.1 Å². The van der Waals surface area contributed by atoms with Gasteiger partial charge in [0.05, 0.1) is 10.0 Å². The Kier molecular flexibility index (Phi) is 6.80. The Balaban J connectivity index is 1.67. The third kappa shape index (κ3) is 4.96. The van der Waals surface area contributed by atoms with E-state index in [-0.39, 0.29) is 11.8 Å². The maximum atomic E-state index is 12.9. The molecule has 0 spiro atoms. The first kappa shape index (κ1) is 20.9. The van der Waals surface area contributed by atoms with Gasteiger partial charge in [0.2, 0.25) is 5.91 Å². The lowest BCUT2D eigenvalue weighted by Crippen LogP contribution is -2.46. The normalized spacial score (nSPS) is 16.5. The molecular formula is C19H22Cl2N4O2S. The molecule has 6 nitrogen and oxygen atoms in total. The van der Waals surface area contributed by atoms with Gasteiger partial charge < -0.3 is 15.5 Å². The number of rotatable bonds is 6. The van der Waals surface area contributed by atoms with Gasteiger partial charge in [0.1, 0.15) is 11.7 Å². The molecule has 9 heteroatoms. The van der Waals surface area contributed by atoms with Crippen LogP contribution in [0.3, 0.4) is 0 Å². The molecule has 28 heavy (non-hydrogen) atoms. The molecule has 2 N–H and O–H groups in total. The summed E-state index contributed by atoms with van der Waals surface area (Å²) in [6.07, 6.45) is 1.48. The zero-order valence-electron chi connectivity index (χ0n) is 15.7. The molecule has 1 saturated heterocycles. The monoisotopic (exact) mass is 440 g/mol. The Morgan fingerprint density at radius 2 is 2.11 bits per heavy atom. The molecule has 3 rings (SSSR count). The molecule has 150 valence electrons. The number of aromatic nitrogens is 1. The van der Waals surface area contributed by atoms with Crippen molar-refractivity contribution in [2.24, 2.45) is 5.92 Å². The number of nitrogens with zero attached hydrogens (tertiary/aromatic N) is 2. The SMILES string of the molecule is CC(C)CNC(=O)[C@H]1CCCN1C(=O)c1csc(Nc2ccc(Cl)c(Cl)c2)n1. The highest BCUT2D eigenvalue weighted by molar-refractivity contribution is 7.14. The maximum Gasteiger partial charge on any atom is 0.274 e. The highest BCUT2D eigenvalue weighted by Crippen LogP contribution is 2.29. The van der Waals surface area contributed by atoms with Crippen molar-refractivity contribution >= 4 is 57.2 Å². The zero-order valence-corrected chi connectivity index (χ0v) is 18.0. The van der Waals surface area contributed by atoms with Gasteiger partial charge in [-0.2, -0.15) is 0 Å². The van der Waals surface area contributed by atoms with Crippen molar-refractivity contribution < 1.29 is 9.59 Å². The number of carbonyl (C=O) groups excluding carboxylic acids is 2. The lowest BCUT2D eigenvalue weighted by molar-refractivity contribution is -0.125. The summed E-state index contributed by atoms with van der Waals surface area (Å²) in [7, 11) is 0. The molecule has 1 aliphatic rings. The fourth-order valence-corrected chi connectivity index (χ4v) is 3.98. The van der Waals surface area contributed by atoms with Crippen molar-refractivity contribution in [2.45, 2.75) is 32.7 Å². The minimum absolute atomic E-state index is 0.0936. The highest BCUT2D eigenvalue weighted by atomic mass is 35.5. The minimum Gasteiger partial charge on any atom is -0.354 e. The van der Waals surface area contributed by atoms with Gasteiger partial charge in [-0.1, -0.05) is 37.0 Å². The molecule has 1 aromatic heterocycles. The molecule has 2 heterocycles. The van der Waals surface area contributed by atoms with Crippen LogP contribution in [0.4, 0.5) is 10.8 Å². The van der Waals surface area contributed by atoms with E-state index in [1.165, 1.54) is 11.3 Å². The van der Waals surface area contributed by atoms with Crippen LogP contribution in [0.5, 0.6) is 0 Å². The van der Waals surface area contributed by atoms with E-state index in [4.69, 9.17) is 23.2 Å². The molecule has 2 amide bonds. The van der Waals surface area contributed by atoms with Gasteiger partial charge >= 0.3 is 0 Å². The molecule has 1 aromatic carbocycles. The molecule has 0 aliphatic carbocycles. The van der Waals surface area contributed by atoms with Crippen LogP contribution < -0.4 is 10.6 Å². The van der Waals surface area contributed by atoms with Gasteiger partial charge in [0.25, 0.3) is 5.91 Å². The average molecular weight is 441 g/mol. The molecule has 0 bridgehead atoms. The summed E-state index contributed by atoms with van der Waals surface area (Å²) in [6, 6.07) is 4.74. The summed E-state index contributed by atoms with van der Waals surface area (Å²) in [5, 5.41) is 9.22. The van der Waals surface area contributed by atoms with Gasteiger partial charge in [-0.3, -0.25) is 9.59 Å². The van der Waals surface area contributed by atoms with Crippen molar-refractivity contribution in [1.29, 1.82) is 0 Å². The number of amides is 2. The van der Waals surface area contributed by atoms with E-state index in [0.29, 0.717) is 46.3 Å². The average Bonchev–Trinajstić information content (AvgIpc) is 3.32. The second-order valence-electron chi connectivity index (χ2n) is 7.09. The van der Waals surface area contributed by atoms with Crippen molar-refractivity contribution in [3.8, 4) is 0 Å². The number of thiazole rings is 1. The molecule has 1 fully saturated rings. The van der Waals surface area contributed by atoms with Gasteiger partial charge in [-0.05, 0) is 37.0 Å². The van der Waals surface area contributed by atoms with Crippen LogP contribution in [-0.4, -0.2) is 40.8 Å². The molecule has 1 atom stereocenters. The van der Waals surface area contributed by atoms with Gasteiger partial charge in [-0.25, -0.2) is 4.98 Å². The Morgan fingerprint density at radius 1 is 1.32 bits per heavy atom. The van der Waals surface area contributed by atoms with Crippen molar-refractivity contribution in [3.63, 3.8) is 0 Å². The van der Waals surface area contributed by atoms with Crippen LogP contribution in [0.1, 0.15) is 37.2 Å². The summed E-state index contributed by atoms with van der Waals surface area (Å²) >= 11 is 13.3. The Bertz CT molecular complexity index is 871. The topological polar surface area (TPSA) is 74.3 Å². The van der Waals surface area contributed by atoms with Crippen LogP contribution in [0, 0.1) is 5.92 Å². The van der Waals surface area contributed by atoms with E-state index in [2.05, 4.69) is 15.6 Å². The summed E-state index contributed by atoms with van der Waals surface area (Å²) in [5.41, 5.74) is 1.06. The van der Waals surface area contributed by atoms with Crippen LogP contribution in [0.25, 0.3) is 0 Å². The lowest BCUT2D eigenvalue weighted by atomic mass is 10.1. The van der Waals surface area contributed by atoms with Crippen molar-refractivity contribution in [2.75, 3.05) is 18.4 Å². The number of carbonyl (C=O) groups is 2. The van der Waals surface area contributed by atoms with E-state index in [1.54, 1.807) is 28.5 Å². The maximum absolute atomic E-state index is 12.9. The predicted octanol–water partition coefficient (Wildman–Crippen LogP) is 4.57. The van der Waals surface area contributed by atoms with Gasteiger partial charge in [0.15, 0.2) is 5.13 Å². The van der Waals surface area contributed by atoms with E-state index < -0.39 is 6.04 Å². The quantitative estimate of drug-likeness (QED) is 0.689. The number of likely N-dealkylation sites (tertiary alicyclic amines) is 1. The number of hydrogen-bond acceptors (Lipinski definition) is 5. The van der Waals surface area contributed by atoms with E-state index in [9.17, 15) is 9.59 Å². The van der Waals surface area contributed by atoms with E-state index in [1.807, 2.05) is 13.8 Å². The molecule has 1 aliphatic heterocycles. The van der Waals surface area contributed by atoms with Crippen molar-refractivity contribution in [3.05, 3.63) is 39.3 Å². The van der Waals surface area contributed by atoms with E-state index >= 15 is 0 Å². The molecular weight excluding hydrogens is 419 g/mol. The molecule has 2 aromatic rings. The predicted molar refractivity (Wildman–Crippen MR) is 114 cm³/mol. The second-order valence-corrected chi connectivity index (χ2v) is 8.76. The lowest BCUT2D eigenvalue weighted by Gasteiger charge is -2.23. The standard InChI is InChI=1S/C19H22Cl2N4O2S/c1-11(2)9-22-17(26)16-4-3-7-25(16)18(27)15-10-28-19(24-15)23-12-5-6-13(20)14(21)8-12/h5-6,8,10-11,16H,3-4,7,9H2,1-2H3,(H,22,26)(H,23,24)/t16-/m1/s1. The first-order valence-corrected chi connectivity index (χ1v) is 10.7. The van der Waals surface area contributed by atoms with Crippen LogP contribution in [-0.2, 0) is 4.79 Å². The van der Waals surface area contributed by atoms with Crippen LogP contribution in [0.2, 0.25) is 10.0 Å². The molecule has 0 unspecified atom stereocenters. The third-order valence-electron chi connectivity index (χ3n) is 4.40. The Labute approximate surface area is 178 Å². The fourth-order valence-electron chi connectivity index (χ4n) is 2.98. The van der Waals surface area contributed by atoms with Crippen LogP contribution in [0.15, 0.2) is 23.6 Å². The van der Waals surface area contributed by atoms with Crippen molar-refractivity contribution in [1.82, 2.24) is 15.2 Å². The smallest absolute Gasteiger partial charge is 0.274 e. The number of nitrogens with one attached hydrogen (secondary N) is 2. The first-order valence-electron chi connectivity index (χ1n) is 9.11. The molecule has 0 radical (unpaired) electrons. The first-order chi connectivity index (χ1) is 13.3. The fraction of sp³-hybridized carbons (Fsp3) is 0.421. The van der Waals surface area contributed by atoms with Gasteiger partial charge in [0, 0.05) is 24.2 Å². The largest absolute Gasteiger partial charge is 0.354 e. The number of benzene rings is 1. The van der Waals surface area contributed by atoms with Crippen LogP contribution >= 0.6 is 34.5 Å². The highest BCUT2D eigenvalue weighted by Gasteiger charge is 2.35. The second kappa shape index (κ2) is 9.11. The zero-order chi connectivity index (χ0) is 20.3. The minimum atomic E-state index is -0.431. The third-order valence-corrected chi connectivity index (χ3v) is 5.89. The summed E-state index contributed by atoms with van der Waals surface area (Å²) in [5.74, 6) is 0.0487. The Hall–Kier alpha value is -1.83. The number of hydrogen-bond donors (Lipinski definition) is 2. The summed E-state index contributed by atoms with van der Waals surface area (Å²) < 4.78 is 0.